The van der Waals surface area contributed by atoms with Gasteiger partial charge in [-0.15, -0.1) is 13.2 Å². The summed E-state index contributed by atoms with van der Waals surface area (Å²) >= 11 is 0. The number of carbonyl (C=O) groups is 1. The zero-order chi connectivity index (χ0) is 11.9. The van der Waals surface area contributed by atoms with Crippen molar-refractivity contribution in [1.82, 2.24) is 0 Å². The van der Waals surface area contributed by atoms with Crippen LogP contribution >= 0.6 is 0 Å². The molecule has 0 aliphatic carbocycles. The van der Waals surface area contributed by atoms with Crippen molar-refractivity contribution in [2.24, 2.45) is 5.41 Å². The Morgan fingerprint density at radius 2 is 2.27 bits per heavy atom. The number of allylic oxidation sites excluding steroid dienone is 2. The van der Waals surface area contributed by atoms with Gasteiger partial charge in [0.15, 0.2) is 5.41 Å². The lowest BCUT2D eigenvalue weighted by atomic mass is 9.80. The number of hydrogen-bond acceptors (Lipinski definition) is 3. The molecule has 0 saturated heterocycles. The lowest BCUT2D eigenvalue weighted by Crippen LogP contribution is -2.31. The molecular formula is C12H17NO2. The Balaban J connectivity index is 4.97. The Labute approximate surface area is 91.0 Å². The van der Waals surface area contributed by atoms with Crippen LogP contribution in [0.1, 0.15) is 26.7 Å². The van der Waals surface area contributed by atoms with Gasteiger partial charge in [-0.05, 0) is 26.7 Å². The molecule has 3 heteroatoms. The van der Waals surface area contributed by atoms with Crippen LogP contribution in [0.5, 0.6) is 0 Å². The van der Waals surface area contributed by atoms with Crippen LogP contribution in [0.4, 0.5) is 0 Å². The zero-order valence-corrected chi connectivity index (χ0v) is 9.38. The van der Waals surface area contributed by atoms with Gasteiger partial charge in [-0.1, -0.05) is 11.6 Å². The van der Waals surface area contributed by atoms with E-state index in [1.54, 1.807) is 19.9 Å². The molecule has 1 unspecified atom stereocenters. The number of nitriles is 1. The molecule has 0 amide bonds. The minimum absolute atomic E-state index is 0.273. The van der Waals surface area contributed by atoms with Gasteiger partial charge in [0.1, 0.15) is 0 Å². The van der Waals surface area contributed by atoms with Gasteiger partial charge < -0.3 is 4.74 Å². The number of carbonyl (C=O) groups excluding carboxylic acids is 1. The van der Waals surface area contributed by atoms with E-state index in [9.17, 15) is 4.79 Å². The standard InChI is InChI=1S/C12H17NO2/c1-5-7-12(9-13,8-10(3)4)11(14)15-6-2/h5H,1,3,6-8H2,2,4H3. The predicted molar refractivity (Wildman–Crippen MR) is 58.9 cm³/mol. The molecule has 0 rings (SSSR count). The van der Waals surface area contributed by atoms with E-state index in [2.05, 4.69) is 13.2 Å². The van der Waals surface area contributed by atoms with E-state index in [0.717, 1.165) is 5.57 Å². The van der Waals surface area contributed by atoms with E-state index in [-0.39, 0.29) is 13.0 Å². The second-order valence-corrected chi connectivity index (χ2v) is 3.54. The number of nitrogens with zero attached hydrogens (tertiary/aromatic N) is 1. The molecule has 82 valence electrons. The molecule has 0 aliphatic heterocycles. The molecule has 0 bridgehead atoms. The molecule has 0 aromatic heterocycles. The molecule has 0 saturated carbocycles. The highest BCUT2D eigenvalue weighted by molar-refractivity contribution is 5.80. The summed E-state index contributed by atoms with van der Waals surface area (Å²) in [6.45, 7) is 11.1. The van der Waals surface area contributed by atoms with Gasteiger partial charge in [0.05, 0.1) is 12.7 Å². The van der Waals surface area contributed by atoms with E-state index < -0.39 is 11.4 Å². The zero-order valence-electron chi connectivity index (χ0n) is 9.38. The molecule has 0 aromatic rings. The second kappa shape index (κ2) is 6.02. The van der Waals surface area contributed by atoms with Gasteiger partial charge in [-0.3, -0.25) is 4.79 Å². The number of esters is 1. The smallest absolute Gasteiger partial charge is 0.327 e. The van der Waals surface area contributed by atoms with Gasteiger partial charge in [0.2, 0.25) is 0 Å². The van der Waals surface area contributed by atoms with E-state index in [4.69, 9.17) is 10.00 Å². The van der Waals surface area contributed by atoms with Gasteiger partial charge >= 0.3 is 5.97 Å². The highest BCUT2D eigenvalue weighted by atomic mass is 16.5. The first kappa shape index (κ1) is 13.4. The summed E-state index contributed by atoms with van der Waals surface area (Å²) in [5, 5.41) is 9.11. The first-order valence-electron chi connectivity index (χ1n) is 4.86. The summed E-state index contributed by atoms with van der Waals surface area (Å²) in [6.07, 6.45) is 2.16. The molecule has 0 N–H and O–H groups in total. The van der Waals surface area contributed by atoms with Crippen molar-refractivity contribution in [3.8, 4) is 6.07 Å². The Hall–Kier alpha value is -1.56. The maximum absolute atomic E-state index is 11.7. The maximum atomic E-state index is 11.7. The van der Waals surface area contributed by atoms with Crippen LogP contribution in [0.2, 0.25) is 0 Å². The van der Waals surface area contributed by atoms with Crippen LogP contribution in [0.3, 0.4) is 0 Å². The van der Waals surface area contributed by atoms with Crippen LogP contribution in [0.25, 0.3) is 0 Å². The lowest BCUT2D eigenvalue weighted by Gasteiger charge is -2.22. The number of ether oxygens (including phenoxy) is 1. The summed E-state index contributed by atoms with van der Waals surface area (Å²) < 4.78 is 4.90. The normalized spacial score (nSPS) is 13.4. The molecule has 0 radical (unpaired) electrons. The average molecular weight is 207 g/mol. The molecule has 15 heavy (non-hydrogen) atoms. The van der Waals surface area contributed by atoms with Crippen LogP contribution in [-0.2, 0) is 9.53 Å². The van der Waals surface area contributed by atoms with E-state index in [0.29, 0.717) is 6.42 Å². The molecule has 0 fully saturated rings. The number of rotatable bonds is 6. The summed E-state index contributed by atoms with van der Waals surface area (Å²) in [4.78, 5) is 11.7. The first-order chi connectivity index (χ1) is 7.02. The van der Waals surface area contributed by atoms with Crippen molar-refractivity contribution >= 4 is 5.97 Å². The topological polar surface area (TPSA) is 50.1 Å². The Morgan fingerprint density at radius 1 is 1.67 bits per heavy atom. The SMILES string of the molecule is C=CCC(C#N)(CC(=C)C)C(=O)OCC. The van der Waals surface area contributed by atoms with Crippen molar-refractivity contribution in [1.29, 1.82) is 5.26 Å². The van der Waals surface area contributed by atoms with Crippen LogP contribution in [-0.4, -0.2) is 12.6 Å². The summed E-state index contributed by atoms with van der Waals surface area (Å²) in [5.74, 6) is -0.490. The van der Waals surface area contributed by atoms with Gasteiger partial charge in [-0.25, -0.2) is 0 Å². The average Bonchev–Trinajstić information content (AvgIpc) is 2.16. The minimum Gasteiger partial charge on any atom is -0.465 e. The molecule has 0 spiro atoms. The molecule has 0 heterocycles. The number of hydrogen-bond donors (Lipinski definition) is 0. The second-order valence-electron chi connectivity index (χ2n) is 3.54. The maximum Gasteiger partial charge on any atom is 0.327 e. The largest absolute Gasteiger partial charge is 0.465 e. The molecule has 0 aromatic carbocycles. The fourth-order valence-electron chi connectivity index (χ4n) is 1.39. The Kier molecular flexibility index (Phi) is 5.40. The fourth-order valence-corrected chi connectivity index (χ4v) is 1.39. The quantitative estimate of drug-likeness (QED) is 0.497. The minimum atomic E-state index is -1.15. The van der Waals surface area contributed by atoms with E-state index in [1.165, 1.54) is 0 Å². The fraction of sp³-hybridized carbons (Fsp3) is 0.500. The first-order valence-corrected chi connectivity index (χ1v) is 4.86. The molecular weight excluding hydrogens is 190 g/mol. The van der Waals surface area contributed by atoms with E-state index >= 15 is 0 Å². The summed E-state index contributed by atoms with van der Waals surface area (Å²) in [7, 11) is 0. The van der Waals surface area contributed by atoms with Crippen molar-refractivity contribution in [2.75, 3.05) is 6.61 Å². The Morgan fingerprint density at radius 3 is 2.60 bits per heavy atom. The van der Waals surface area contributed by atoms with Gasteiger partial charge in [0, 0.05) is 0 Å². The van der Waals surface area contributed by atoms with Crippen molar-refractivity contribution in [3.05, 3.63) is 24.8 Å². The molecule has 3 nitrogen and oxygen atoms in total. The molecule has 0 aliphatic rings. The lowest BCUT2D eigenvalue weighted by molar-refractivity contribution is -0.151. The summed E-state index contributed by atoms with van der Waals surface area (Å²) in [6, 6.07) is 2.03. The van der Waals surface area contributed by atoms with Crippen LogP contribution in [0.15, 0.2) is 24.8 Å². The monoisotopic (exact) mass is 207 g/mol. The van der Waals surface area contributed by atoms with Crippen molar-refractivity contribution < 1.29 is 9.53 Å². The van der Waals surface area contributed by atoms with Crippen LogP contribution < -0.4 is 0 Å². The van der Waals surface area contributed by atoms with Crippen LogP contribution in [0, 0.1) is 16.7 Å². The molecule has 1 atom stereocenters. The van der Waals surface area contributed by atoms with Crippen molar-refractivity contribution in [2.45, 2.75) is 26.7 Å². The third-order valence-electron chi connectivity index (χ3n) is 1.98. The third kappa shape index (κ3) is 3.59. The highest BCUT2D eigenvalue weighted by Crippen LogP contribution is 2.31. The van der Waals surface area contributed by atoms with E-state index in [1.807, 2.05) is 6.07 Å². The predicted octanol–water partition coefficient (Wildman–Crippen LogP) is 2.60. The highest BCUT2D eigenvalue weighted by Gasteiger charge is 2.39. The Bertz CT molecular complexity index is 301. The van der Waals surface area contributed by atoms with Crippen molar-refractivity contribution in [3.63, 3.8) is 0 Å². The third-order valence-corrected chi connectivity index (χ3v) is 1.98. The van der Waals surface area contributed by atoms with Gasteiger partial charge in [0.25, 0.3) is 0 Å². The van der Waals surface area contributed by atoms with Gasteiger partial charge in [-0.2, -0.15) is 5.26 Å². The summed E-state index contributed by atoms with van der Waals surface area (Å²) in [5.41, 5.74) is -0.365.